The van der Waals surface area contributed by atoms with Gasteiger partial charge in [-0.3, -0.25) is 5.10 Å². The van der Waals surface area contributed by atoms with Crippen molar-refractivity contribution in [3.05, 3.63) is 11.6 Å². The molecule has 1 aromatic heterocycles. The summed E-state index contributed by atoms with van der Waals surface area (Å²) in [6, 6.07) is 0.0602. The van der Waals surface area contributed by atoms with Crippen molar-refractivity contribution >= 4 is 9.84 Å². The van der Waals surface area contributed by atoms with Gasteiger partial charge < -0.3 is 5.32 Å². The Kier molecular flexibility index (Phi) is 3.58. The normalized spacial score (nSPS) is 27.1. The van der Waals surface area contributed by atoms with Crippen LogP contribution in [0.2, 0.25) is 0 Å². The van der Waals surface area contributed by atoms with Gasteiger partial charge in [0.05, 0.1) is 18.1 Å². The minimum atomic E-state index is -2.82. The van der Waals surface area contributed by atoms with Gasteiger partial charge in [0, 0.05) is 12.0 Å². The van der Waals surface area contributed by atoms with Gasteiger partial charge >= 0.3 is 0 Å². The highest BCUT2D eigenvalue weighted by Crippen LogP contribution is 2.31. The molecule has 2 N–H and O–H groups in total. The van der Waals surface area contributed by atoms with Crippen molar-refractivity contribution in [2.75, 3.05) is 11.5 Å². The van der Waals surface area contributed by atoms with E-state index in [1.54, 1.807) is 0 Å². The number of hydrogen-bond donors (Lipinski definition) is 2. The van der Waals surface area contributed by atoms with Crippen LogP contribution in [0.1, 0.15) is 49.7 Å². The zero-order valence-corrected chi connectivity index (χ0v) is 11.7. The maximum Gasteiger partial charge on any atom is 0.153 e. The van der Waals surface area contributed by atoms with Crippen LogP contribution >= 0.6 is 0 Å². The van der Waals surface area contributed by atoms with Gasteiger partial charge in [0.15, 0.2) is 15.7 Å². The van der Waals surface area contributed by atoms with Gasteiger partial charge in [-0.25, -0.2) is 13.4 Å². The van der Waals surface area contributed by atoms with E-state index in [-0.39, 0.29) is 11.8 Å². The summed E-state index contributed by atoms with van der Waals surface area (Å²) in [5.74, 6) is 2.79. The van der Waals surface area contributed by atoms with Crippen molar-refractivity contribution in [2.24, 2.45) is 0 Å². The number of nitrogens with one attached hydrogen (secondary N) is 2. The molecule has 1 atom stereocenters. The molecule has 0 spiro atoms. The van der Waals surface area contributed by atoms with E-state index in [0.717, 1.165) is 11.6 Å². The summed E-state index contributed by atoms with van der Waals surface area (Å²) in [5.41, 5.74) is 0. The molecule has 0 radical (unpaired) electrons. The fraction of sp³-hybridized carbons (Fsp3) is 0.833. The molecule has 3 rings (SSSR count). The summed E-state index contributed by atoms with van der Waals surface area (Å²) in [4.78, 5) is 4.51. The molecule has 2 aliphatic rings. The highest BCUT2D eigenvalue weighted by molar-refractivity contribution is 7.91. The first-order valence-electron chi connectivity index (χ1n) is 6.97. The van der Waals surface area contributed by atoms with Gasteiger partial charge in [-0.2, -0.15) is 5.10 Å². The Morgan fingerprint density at radius 3 is 2.74 bits per heavy atom. The van der Waals surface area contributed by atoms with Crippen LogP contribution in [0.5, 0.6) is 0 Å². The molecule has 2 fully saturated rings. The lowest BCUT2D eigenvalue weighted by Crippen LogP contribution is -2.29. The van der Waals surface area contributed by atoms with Crippen LogP contribution < -0.4 is 5.32 Å². The standard InChI is InChI=1S/C12H20N4O2S/c17-19(18)6-5-10(8-19)13-7-11-14-12(16-15-11)9-3-1-2-4-9/h9-10,13H,1-8H2,(H,14,15,16). The van der Waals surface area contributed by atoms with Gasteiger partial charge in [0.25, 0.3) is 0 Å². The molecule has 1 aliphatic carbocycles. The lowest BCUT2D eigenvalue weighted by molar-refractivity contribution is 0.542. The second kappa shape index (κ2) is 5.20. The molecule has 1 aromatic rings. The second-order valence-corrected chi connectivity index (χ2v) is 7.83. The van der Waals surface area contributed by atoms with E-state index in [1.807, 2.05) is 0 Å². The van der Waals surface area contributed by atoms with Crippen molar-refractivity contribution < 1.29 is 8.42 Å². The largest absolute Gasteiger partial charge is 0.306 e. The Labute approximate surface area is 113 Å². The van der Waals surface area contributed by atoms with Crippen molar-refractivity contribution in [2.45, 2.75) is 50.6 Å². The lowest BCUT2D eigenvalue weighted by atomic mass is 10.1. The predicted octanol–water partition coefficient (Wildman–Crippen LogP) is 0.739. The molecule has 19 heavy (non-hydrogen) atoms. The van der Waals surface area contributed by atoms with E-state index in [9.17, 15) is 8.42 Å². The number of rotatable bonds is 4. The number of nitrogens with zero attached hydrogens (tertiary/aromatic N) is 2. The van der Waals surface area contributed by atoms with Crippen LogP contribution in [0.4, 0.5) is 0 Å². The maximum atomic E-state index is 11.4. The SMILES string of the molecule is O=S1(=O)CCC(NCc2nc(C3CCCC3)n[nH]2)C1. The summed E-state index contributed by atoms with van der Waals surface area (Å²) in [5, 5.41) is 10.5. The fourth-order valence-corrected chi connectivity index (χ4v) is 4.66. The smallest absolute Gasteiger partial charge is 0.153 e. The maximum absolute atomic E-state index is 11.4. The van der Waals surface area contributed by atoms with E-state index >= 15 is 0 Å². The topological polar surface area (TPSA) is 87.7 Å². The minimum absolute atomic E-state index is 0.0602. The van der Waals surface area contributed by atoms with E-state index in [2.05, 4.69) is 20.5 Å². The van der Waals surface area contributed by atoms with E-state index in [0.29, 0.717) is 24.6 Å². The molecule has 0 aromatic carbocycles. The molecule has 1 aliphatic heterocycles. The molecule has 0 bridgehead atoms. The van der Waals surface area contributed by atoms with Gasteiger partial charge in [-0.05, 0) is 19.3 Å². The first kappa shape index (κ1) is 13.1. The van der Waals surface area contributed by atoms with Crippen LogP contribution in [-0.4, -0.2) is 41.1 Å². The quantitative estimate of drug-likeness (QED) is 0.851. The average molecular weight is 284 g/mol. The summed E-state index contributed by atoms with van der Waals surface area (Å²) < 4.78 is 22.7. The molecule has 1 unspecified atom stereocenters. The summed E-state index contributed by atoms with van der Waals surface area (Å²) >= 11 is 0. The Hall–Kier alpha value is -0.950. The number of hydrogen-bond acceptors (Lipinski definition) is 5. The average Bonchev–Trinajstić information content (AvgIpc) is 3.04. The third-order valence-electron chi connectivity index (χ3n) is 4.06. The highest BCUT2D eigenvalue weighted by Gasteiger charge is 2.27. The predicted molar refractivity (Wildman–Crippen MR) is 71.5 cm³/mol. The fourth-order valence-electron chi connectivity index (χ4n) is 2.95. The molecule has 1 saturated heterocycles. The van der Waals surface area contributed by atoms with Crippen LogP contribution in [-0.2, 0) is 16.4 Å². The highest BCUT2D eigenvalue weighted by atomic mass is 32.2. The molecular formula is C12H20N4O2S. The van der Waals surface area contributed by atoms with Crippen molar-refractivity contribution in [1.29, 1.82) is 0 Å². The van der Waals surface area contributed by atoms with Gasteiger partial charge in [-0.1, -0.05) is 12.8 Å². The van der Waals surface area contributed by atoms with Gasteiger partial charge in [0.2, 0.25) is 0 Å². The molecule has 6 nitrogen and oxygen atoms in total. The molecular weight excluding hydrogens is 264 g/mol. The lowest BCUT2D eigenvalue weighted by Gasteiger charge is -2.08. The summed E-state index contributed by atoms with van der Waals surface area (Å²) in [7, 11) is -2.82. The van der Waals surface area contributed by atoms with Crippen LogP contribution in [0, 0.1) is 0 Å². The summed E-state index contributed by atoms with van der Waals surface area (Å²) in [6.07, 6.45) is 5.61. The Morgan fingerprint density at radius 2 is 2.05 bits per heavy atom. The second-order valence-electron chi connectivity index (χ2n) is 5.60. The van der Waals surface area contributed by atoms with Crippen LogP contribution in [0.15, 0.2) is 0 Å². The monoisotopic (exact) mass is 284 g/mol. The summed E-state index contributed by atoms with van der Waals surface area (Å²) in [6.45, 7) is 0.569. The first-order valence-corrected chi connectivity index (χ1v) is 8.79. The zero-order valence-electron chi connectivity index (χ0n) is 10.9. The number of aromatic amines is 1. The van der Waals surface area contributed by atoms with Crippen LogP contribution in [0.25, 0.3) is 0 Å². The van der Waals surface area contributed by atoms with E-state index in [4.69, 9.17) is 0 Å². The number of aromatic nitrogens is 3. The van der Waals surface area contributed by atoms with Crippen LogP contribution in [0.3, 0.4) is 0 Å². The third-order valence-corrected chi connectivity index (χ3v) is 5.83. The molecule has 2 heterocycles. The Balaban J connectivity index is 1.53. The Bertz CT molecular complexity index is 534. The molecule has 1 saturated carbocycles. The van der Waals surface area contributed by atoms with Crippen molar-refractivity contribution in [3.63, 3.8) is 0 Å². The number of H-pyrrole nitrogens is 1. The number of sulfone groups is 1. The van der Waals surface area contributed by atoms with Gasteiger partial charge in [-0.15, -0.1) is 0 Å². The Morgan fingerprint density at radius 1 is 1.26 bits per heavy atom. The third kappa shape index (κ3) is 3.14. The first-order chi connectivity index (χ1) is 9.12. The van der Waals surface area contributed by atoms with Gasteiger partial charge in [0.1, 0.15) is 5.82 Å². The van der Waals surface area contributed by atoms with E-state index in [1.165, 1.54) is 25.7 Å². The van der Waals surface area contributed by atoms with E-state index < -0.39 is 9.84 Å². The minimum Gasteiger partial charge on any atom is -0.306 e. The molecule has 7 heteroatoms. The van der Waals surface area contributed by atoms with Crippen molar-refractivity contribution in [3.8, 4) is 0 Å². The molecule has 0 amide bonds. The molecule has 106 valence electrons. The van der Waals surface area contributed by atoms with Crippen molar-refractivity contribution in [1.82, 2.24) is 20.5 Å². The zero-order chi connectivity index (χ0) is 13.3.